The van der Waals surface area contributed by atoms with Gasteiger partial charge in [-0.1, -0.05) is 51.7 Å². The molecule has 0 unspecified atom stereocenters. The van der Waals surface area contributed by atoms with Crippen LogP contribution in [0.5, 0.6) is 0 Å². The van der Waals surface area contributed by atoms with E-state index in [0.29, 0.717) is 0 Å². The molecule has 0 rings (SSSR count). The first kappa shape index (κ1) is 11.7. The summed E-state index contributed by atoms with van der Waals surface area (Å²) in [4.78, 5) is 0. The van der Waals surface area contributed by atoms with Crippen LogP contribution in [0, 0.1) is 5.92 Å². The summed E-state index contributed by atoms with van der Waals surface area (Å²) in [6.07, 6.45) is 12.6. The van der Waals surface area contributed by atoms with E-state index in [4.69, 9.17) is 0 Å². The maximum absolute atomic E-state index is 2.31. The highest BCUT2D eigenvalue weighted by atomic mass is 14.1. The molecule has 0 heteroatoms. The Balaban J connectivity index is 3.17. The van der Waals surface area contributed by atoms with E-state index in [2.05, 4.69) is 32.9 Å². The van der Waals surface area contributed by atoms with Gasteiger partial charge in [-0.3, -0.25) is 0 Å². The normalized spacial score (nSPS) is 11.7. The lowest BCUT2D eigenvalue weighted by Gasteiger charge is -2.10. The molecule has 0 bridgehead atoms. The molecule has 72 valence electrons. The van der Waals surface area contributed by atoms with Gasteiger partial charge < -0.3 is 0 Å². The van der Waals surface area contributed by atoms with Crippen molar-refractivity contribution >= 4 is 0 Å². The van der Waals surface area contributed by atoms with Crippen molar-refractivity contribution in [2.24, 2.45) is 5.92 Å². The van der Waals surface area contributed by atoms with Crippen LogP contribution in [0.4, 0.5) is 0 Å². The highest BCUT2D eigenvalue weighted by molar-refractivity contribution is 4.76. The van der Waals surface area contributed by atoms with Gasteiger partial charge in [0, 0.05) is 0 Å². The van der Waals surface area contributed by atoms with Crippen molar-refractivity contribution in [1.82, 2.24) is 0 Å². The topological polar surface area (TPSA) is 0 Å². The second-order valence-electron chi connectivity index (χ2n) is 3.54. The van der Waals surface area contributed by atoms with Crippen molar-refractivity contribution in [3.8, 4) is 0 Å². The van der Waals surface area contributed by atoms with Gasteiger partial charge in [-0.15, -0.1) is 0 Å². The first-order valence-electron chi connectivity index (χ1n) is 5.46. The van der Waals surface area contributed by atoms with Gasteiger partial charge in [0.1, 0.15) is 0 Å². The van der Waals surface area contributed by atoms with Crippen LogP contribution in [0.15, 0.2) is 12.2 Å². The molecule has 0 nitrogen and oxygen atoms in total. The quantitative estimate of drug-likeness (QED) is 0.386. The Morgan fingerprint density at radius 2 is 1.75 bits per heavy atom. The summed E-state index contributed by atoms with van der Waals surface area (Å²) in [6.45, 7) is 6.71. The van der Waals surface area contributed by atoms with Gasteiger partial charge in [-0.25, -0.2) is 0 Å². The van der Waals surface area contributed by atoms with Gasteiger partial charge >= 0.3 is 0 Å². The smallest absolute Gasteiger partial charge is 0.0351 e. The summed E-state index contributed by atoms with van der Waals surface area (Å²) in [5.41, 5.74) is 0. The summed E-state index contributed by atoms with van der Waals surface area (Å²) in [7, 11) is 0. The van der Waals surface area contributed by atoms with E-state index in [-0.39, 0.29) is 0 Å². The van der Waals surface area contributed by atoms with Crippen LogP contribution in [0.3, 0.4) is 0 Å². The van der Waals surface area contributed by atoms with Crippen LogP contribution in [-0.4, -0.2) is 0 Å². The highest BCUT2D eigenvalue weighted by Gasteiger charge is 2.01. The summed E-state index contributed by atoms with van der Waals surface area (Å²) < 4.78 is 0. The van der Waals surface area contributed by atoms with E-state index in [1.165, 1.54) is 38.5 Å². The Hall–Kier alpha value is -0.260. The summed E-state index contributed by atoms with van der Waals surface area (Å²) >= 11 is 0. The molecule has 0 heterocycles. The first-order chi connectivity index (χ1) is 5.85. The average molecular weight is 168 g/mol. The number of hydrogen-bond donors (Lipinski definition) is 0. The molecule has 0 aliphatic heterocycles. The molecule has 0 aliphatic rings. The van der Waals surface area contributed by atoms with Crippen molar-refractivity contribution in [2.75, 3.05) is 0 Å². The molecule has 0 saturated carbocycles. The van der Waals surface area contributed by atoms with Gasteiger partial charge in [0.2, 0.25) is 0 Å². The minimum atomic E-state index is 0.982. The fourth-order valence-corrected chi connectivity index (χ4v) is 1.56. The van der Waals surface area contributed by atoms with Crippen LogP contribution in [-0.2, 0) is 0 Å². The van der Waals surface area contributed by atoms with Gasteiger partial charge in [-0.2, -0.15) is 0 Å². The summed E-state index contributed by atoms with van der Waals surface area (Å²) in [5, 5.41) is 0. The van der Waals surface area contributed by atoms with Crippen molar-refractivity contribution in [3.63, 3.8) is 0 Å². The zero-order chi connectivity index (χ0) is 9.23. The Morgan fingerprint density at radius 1 is 1.08 bits per heavy atom. The molecule has 0 fully saturated rings. The van der Waals surface area contributed by atoms with E-state index >= 15 is 0 Å². The van der Waals surface area contributed by atoms with E-state index in [0.717, 1.165) is 5.92 Å². The molecule has 0 aromatic carbocycles. The monoisotopic (exact) mass is 168 g/mol. The molecule has 0 radical (unpaired) electrons. The first-order valence-corrected chi connectivity index (χ1v) is 5.46. The largest absolute Gasteiger partial charge is 0.0917 e. The van der Waals surface area contributed by atoms with Crippen molar-refractivity contribution in [3.05, 3.63) is 12.2 Å². The molecule has 0 aromatic heterocycles. The van der Waals surface area contributed by atoms with Crippen LogP contribution in [0.1, 0.15) is 59.3 Å². The molecule has 0 amide bonds. The van der Waals surface area contributed by atoms with Crippen molar-refractivity contribution < 1.29 is 0 Å². The highest BCUT2D eigenvalue weighted by Crippen LogP contribution is 2.16. The SMILES string of the molecule is C/C=C/CCCCC(CC)CC. The van der Waals surface area contributed by atoms with Crippen LogP contribution < -0.4 is 0 Å². The Labute approximate surface area is 78.1 Å². The van der Waals surface area contributed by atoms with Gasteiger partial charge in [0.15, 0.2) is 0 Å². The second-order valence-corrected chi connectivity index (χ2v) is 3.54. The molecule has 12 heavy (non-hydrogen) atoms. The van der Waals surface area contributed by atoms with Crippen molar-refractivity contribution in [2.45, 2.75) is 59.3 Å². The minimum Gasteiger partial charge on any atom is -0.0917 e. The fourth-order valence-electron chi connectivity index (χ4n) is 1.56. The predicted octanol–water partition coefficient (Wildman–Crippen LogP) is 4.56. The maximum Gasteiger partial charge on any atom is -0.0351 e. The van der Waals surface area contributed by atoms with Gasteiger partial charge in [0.05, 0.1) is 0 Å². The Kier molecular flexibility index (Phi) is 8.64. The van der Waals surface area contributed by atoms with Crippen molar-refractivity contribution in [1.29, 1.82) is 0 Å². The molecule has 0 saturated heterocycles. The fraction of sp³-hybridized carbons (Fsp3) is 0.833. The van der Waals surface area contributed by atoms with Crippen LogP contribution in [0.2, 0.25) is 0 Å². The molecule has 0 N–H and O–H groups in total. The molecule has 0 aliphatic carbocycles. The Bertz CT molecular complexity index is 98.6. The van der Waals surface area contributed by atoms with Gasteiger partial charge in [0.25, 0.3) is 0 Å². The second kappa shape index (κ2) is 8.83. The summed E-state index contributed by atoms with van der Waals surface area (Å²) in [5.74, 6) is 0.982. The third-order valence-electron chi connectivity index (χ3n) is 2.62. The lowest BCUT2D eigenvalue weighted by Crippen LogP contribution is -1.95. The maximum atomic E-state index is 2.31. The average Bonchev–Trinajstić information content (AvgIpc) is 2.11. The third kappa shape index (κ3) is 6.45. The zero-order valence-corrected chi connectivity index (χ0v) is 8.97. The standard InChI is InChI=1S/C12H24/c1-4-7-8-9-10-11-12(5-2)6-3/h4,7,12H,5-6,8-11H2,1-3H3/b7-4+. The third-order valence-corrected chi connectivity index (χ3v) is 2.62. The lowest BCUT2D eigenvalue weighted by atomic mass is 9.96. The molecular weight excluding hydrogens is 144 g/mol. The molecule has 0 atom stereocenters. The van der Waals surface area contributed by atoms with E-state index in [1.54, 1.807) is 0 Å². The predicted molar refractivity (Wildman–Crippen MR) is 57.4 cm³/mol. The number of unbranched alkanes of at least 4 members (excludes halogenated alkanes) is 2. The van der Waals surface area contributed by atoms with E-state index in [1.807, 2.05) is 0 Å². The van der Waals surface area contributed by atoms with E-state index in [9.17, 15) is 0 Å². The minimum absolute atomic E-state index is 0.982. The van der Waals surface area contributed by atoms with Crippen LogP contribution in [0.25, 0.3) is 0 Å². The number of allylic oxidation sites excluding steroid dienone is 2. The molecule has 0 spiro atoms. The number of rotatable bonds is 7. The van der Waals surface area contributed by atoms with Crippen LogP contribution >= 0.6 is 0 Å². The van der Waals surface area contributed by atoms with Gasteiger partial charge in [-0.05, 0) is 25.7 Å². The molecule has 0 aromatic rings. The lowest BCUT2D eigenvalue weighted by molar-refractivity contribution is 0.435. The summed E-state index contributed by atoms with van der Waals surface area (Å²) in [6, 6.07) is 0. The molecular formula is C12H24. The zero-order valence-electron chi connectivity index (χ0n) is 8.97. The Morgan fingerprint density at radius 3 is 2.25 bits per heavy atom. The van der Waals surface area contributed by atoms with E-state index < -0.39 is 0 Å². The number of hydrogen-bond acceptors (Lipinski definition) is 0.